The number of imidazole rings is 1. The Balaban J connectivity index is 1.53. The number of carbonyl (C=O) groups excluding carboxylic acids is 1. The first-order chi connectivity index (χ1) is 13.2. The third-order valence-corrected chi connectivity index (χ3v) is 5.12. The van der Waals surface area contributed by atoms with Gasteiger partial charge in [-0.15, -0.1) is 0 Å². The van der Waals surface area contributed by atoms with Crippen LogP contribution >= 0.6 is 0 Å². The van der Waals surface area contributed by atoms with E-state index in [0.29, 0.717) is 18.7 Å². The largest absolute Gasteiger partial charge is 0.340 e. The highest BCUT2D eigenvalue weighted by Crippen LogP contribution is 2.28. The smallest absolute Gasteiger partial charge is 0.227 e. The lowest BCUT2D eigenvalue weighted by atomic mass is 10.1. The predicted octanol–water partition coefficient (Wildman–Crippen LogP) is 3.54. The summed E-state index contributed by atoms with van der Waals surface area (Å²) in [5.74, 6) is 0.771. The van der Waals surface area contributed by atoms with Crippen molar-refractivity contribution in [3.63, 3.8) is 0 Å². The zero-order valence-electron chi connectivity index (χ0n) is 15.4. The van der Waals surface area contributed by atoms with Crippen LogP contribution in [0.4, 0.5) is 4.39 Å². The molecule has 3 heterocycles. The van der Waals surface area contributed by atoms with Gasteiger partial charge in [0.1, 0.15) is 17.2 Å². The molecule has 1 atom stereocenters. The Hall–Kier alpha value is -2.76. The summed E-state index contributed by atoms with van der Waals surface area (Å²) in [7, 11) is 0. The second kappa shape index (κ2) is 7.47. The van der Waals surface area contributed by atoms with Crippen molar-refractivity contribution in [2.75, 3.05) is 13.1 Å². The Kier molecular flexibility index (Phi) is 4.88. The van der Waals surface area contributed by atoms with Crippen LogP contribution in [0.1, 0.15) is 37.2 Å². The number of pyridine rings is 1. The zero-order valence-corrected chi connectivity index (χ0v) is 15.4. The highest BCUT2D eigenvalue weighted by atomic mass is 19.1. The van der Waals surface area contributed by atoms with Crippen molar-refractivity contribution >= 4 is 17.1 Å². The summed E-state index contributed by atoms with van der Waals surface area (Å²) in [5.41, 5.74) is 2.51. The third-order valence-electron chi connectivity index (χ3n) is 5.12. The van der Waals surface area contributed by atoms with Gasteiger partial charge in [0, 0.05) is 25.7 Å². The first kappa shape index (κ1) is 17.6. The fourth-order valence-corrected chi connectivity index (χ4v) is 3.87. The molecule has 6 heteroatoms. The molecular weight excluding hydrogens is 343 g/mol. The summed E-state index contributed by atoms with van der Waals surface area (Å²) in [6, 6.07) is 10.3. The van der Waals surface area contributed by atoms with Gasteiger partial charge < -0.3 is 9.47 Å². The van der Waals surface area contributed by atoms with E-state index in [1.54, 1.807) is 18.3 Å². The number of aromatic nitrogens is 3. The molecule has 1 aliphatic heterocycles. The predicted molar refractivity (Wildman–Crippen MR) is 102 cm³/mol. The van der Waals surface area contributed by atoms with Crippen LogP contribution in [0.2, 0.25) is 0 Å². The molecular formula is C21H23FN4O. The maximum absolute atomic E-state index is 13.4. The molecule has 3 aromatic rings. The topological polar surface area (TPSA) is 51.0 Å². The summed E-state index contributed by atoms with van der Waals surface area (Å²) in [6.45, 7) is 3.49. The van der Waals surface area contributed by atoms with E-state index in [1.165, 1.54) is 12.1 Å². The van der Waals surface area contributed by atoms with Gasteiger partial charge in [-0.05, 0) is 42.7 Å². The van der Waals surface area contributed by atoms with Crippen molar-refractivity contribution in [3.05, 3.63) is 59.8 Å². The van der Waals surface area contributed by atoms with Gasteiger partial charge in [0.25, 0.3) is 0 Å². The number of aryl methyl sites for hydroxylation is 1. The van der Waals surface area contributed by atoms with Crippen LogP contribution in [0.5, 0.6) is 0 Å². The molecule has 1 unspecified atom stereocenters. The molecule has 5 nitrogen and oxygen atoms in total. The van der Waals surface area contributed by atoms with Gasteiger partial charge in [-0.1, -0.05) is 19.1 Å². The number of amides is 1. The van der Waals surface area contributed by atoms with E-state index in [1.807, 2.05) is 17.0 Å². The summed E-state index contributed by atoms with van der Waals surface area (Å²) >= 11 is 0. The quantitative estimate of drug-likeness (QED) is 0.694. The van der Waals surface area contributed by atoms with Crippen LogP contribution in [0.3, 0.4) is 0 Å². The lowest BCUT2D eigenvalue weighted by molar-refractivity contribution is -0.129. The summed E-state index contributed by atoms with van der Waals surface area (Å²) in [5, 5.41) is 0. The first-order valence-corrected chi connectivity index (χ1v) is 9.49. The standard InChI is InChI=1S/C21H23FN4O/c1-2-5-19-24-18-8-4-10-23-21(18)26(19)17-9-11-25(14-17)20(27)13-15-6-3-7-16(22)12-15/h3-4,6-8,10,12,17H,2,5,9,11,13-14H2,1H3. The lowest BCUT2D eigenvalue weighted by Crippen LogP contribution is -2.30. The second-order valence-corrected chi connectivity index (χ2v) is 7.08. The average molecular weight is 366 g/mol. The summed E-state index contributed by atoms with van der Waals surface area (Å²) in [6.07, 6.45) is 4.81. The van der Waals surface area contributed by atoms with Crippen LogP contribution in [0.15, 0.2) is 42.6 Å². The second-order valence-electron chi connectivity index (χ2n) is 7.08. The van der Waals surface area contributed by atoms with Crippen molar-refractivity contribution in [2.24, 2.45) is 0 Å². The van der Waals surface area contributed by atoms with Crippen molar-refractivity contribution in [1.29, 1.82) is 0 Å². The zero-order chi connectivity index (χ0) is 18.8. The van der Waals surface area contributed by atoms with Gasteiger partial charge in [-0.2, -0.15) is 0 Å². The first-order valence-electron chi connectivity index (χ1n) is 9.49. The van der Waals surface area contributed by atoms with E-state index in [2.05, 4.69) is 16.5 Å². The minimum absolute atomic E-state index is 0.0394. The Morgan fingerprint density at radius 3 is 3.00 bits per heavy atom. The molecule has 2 aromatic heterocycles. The van der Waals surface area contributed by atoms with Crippen LogP contribution < -0.4 is 0 Å². The van der Waals surface area contributed by atoms with Gasteiger partial charge >= 0.3 is 0 Å². The molecule has 0 aliphatic carbocycles. The molecule has 1 fully saturated rings. The van der Waals surface area contributed by atoms with E-state index < -0.39 is 0 Å². The van der Waals surface area contributed by atoms with E-state index in [0.717, 1.165) is 36.3 Å². The maximum Gasteiger partial charge on any atom is 0.227 e. The Morgan fingerprint density at radius 2 is 2.19 bits per heavy atom. The Labute approximate surface area is 157 Å². The number of benzene rings is 1. The van der Waals surface area contributed by atoms with E-state index in [4.69, 9.17) is 4.98 Å². The molecule has 1 saturated heterocycles. The number of rotatable bonds is 5. The monoisotopic (exact) mass is 366 g/mol. The van der Waals surface area contributed by atoms with Crippen molar-refractivity contribution in [2.45, 2.75) is 38.6 Å². The molecule has 0 saturated carbocycles. The molecule has 27 heavy (non-hydrogen) atoms. The number of halogens is 1. The molecule has 0 radical (unpaired) electrons. The number of fused-ring (bicyclic) bond motifs is 1. The molecule has 1 amide bonds. The van der Waals surface area contributed by atoms with Crippen LogP contribution in [-0.2, 0) is 17.6 Å². The van der Waals surface area contributed by atoms with Gasteiger partial charge in [0.05, 0.1) is 12.5 Å². The molecule has 1 aromatic carbocycles. The van der Waals surface area contributed by atoms with Crippen molar-refractivity contribution < 1.29 is 9.18 Å². The van der Waals surface area contributed by atoms with E-state index >= 15 is 0 Å². The fraction of sp³-hybridized carbons (Fsp3) is 0.381. The third kappa shape index (κ3) is 3.56. The van der Waals surface area contributed by atoms with Crippen LogP contribution in [0, 0.1) is 5.82 Å². The molecule has 0 N–H and O–H groups in total. The van der Waals surface area contributed by atoms with Gasteiger partial charge in [-0.25, -0.2) is 14.4 Å². The molecule has 0 spiro atoms. The fourth-order valence-electron chi connectivity index (χ4n) is 3.87. The number of carbonyl (C=O) groups is 1. The van der Waals surface area contributed by atoms with E-state index in [-0.39, 0.29) is 24.2 Å². The lowest BCUT2D eigenvalue weighted by Gasteiger charge is -2.19. The molecule has 140 valence electrons. The highest BCUT2D eigenvalue weighted by Gasteiger charge is 2.30. The normalized spacial score (nSPS) is 17.0. The maximum atomic E-state index is 13.4. The number of nitrogens with zero attached hydrogens (tertiary/aromatic N) is 4. The highest BCUT2D eigenvalue weighted by molar-refractivity contribution is 5.79. The van der Waals surface area contributed by atoms with Gasteiger partial charge in [0.15, 0.2) is 5.65 Å². The number of likely N-dealkylation sites (tertiary alicyclic amines) is 1. The summed E-state index contributed by atoms with van der Waals surface area (Å²) < 4.78 is 15.6. The van der Waals surface area contributed by atoms with Gasteiger partial charge in [-0.3, -0.25) is 4.79 Å². The minimum Gasteiger partial charge on any atom is -0.340 e. The van der Waals surface area contributed by atoms with Crippen LogP contribution in [-0.4, -0.2) is 38.4 Å². The number of hydrogen-bond acceptors (Lipinski definition) is 3. The Bertz CT molecular complexity index is 968. The molecule has 4 rings (SSSR count). The minimum atomic E-state index is -0.306. The molecule has 0 bridgehead atoms. The van der Waals surface area contributed by atoms with Gasteiger partial charge in [0.2, 0.25) is 5.91 Å². The number of hydrogen-bond donors (Lipinski definition) is 0. The average Bonchev–Trinajstić information content (AvgIpc) is 3.26. The van der Waals surface area contributed by atoms with Crippen molar-refractivity contribution in [1.82, 2.24) is 19.4 Å². The van der Waals surface area contributed by atoms with Crippen LogP contribution in [0.25, 0.3) is 11.2 Å². The van der Waals surface area contributed by atoms with Crippen molar-refractivity contribution in [3.8, 4) is 0 Å². The Morgan fingerprint density at radius 1 is 1.30 bits per heavy atom. The summed E-state index contributed by atoms with van der Waals surface area (Å²) in [4.78, 5) is 23.8. The van der Waals surface area contributed by atoms with E-state index in [9.17, 15) is 9.18 Å². The SMILES string of the molecule is CCCc1nc2cccnc2n1C1CCN(C(=O)Cc2cccc(F)c2)C1. The molecule has 1 aliphatic rings.